The van der Waals surface area contributed by atoms with Gasteiger partial charge in [-0.1, -0.05) is 18.5 Å². The summed E-state index contributed by atoms with van der Waals surface area (Å²) in [5.41, 5.74) is 1.13. The number of aryl methyl sites for hydroxylation is 1. The van der Waals surface area contributed by atoms with Crippen molar-refractivity contribution in [3.8, 4) is 5.75 Å². The van der Waals surface area contributed by atoms with Crippen LogP contribution in [0.1, 0.15) is 12.6 Å². The molecule has 2 heterocycles. The maximum atomic E-state index is 12.0. The largest absolute Gasteiger partial charge is 0.495 e. The summed E-state index contributed by atoms with van der Waals surface area (Å²) in [5, 5.41) is 6.46. The molecule has 2 N–H and O–H groups in total. The fraction of sp³-hybridized carbons (Fsp3) is 0.214. The zero-order valence-corrected chi connectivity index (χ0v) is 12.8. The molecule has 3 rings (SSSR count). The van der Waals surface area contributed by atoms with Crippen molar-refractivity contribution < 1.29 is 4.74 Å². The van der Waals surface area contributed by atoms with Gasteiger partial charge >= 0.3 is 0 Å². The molecule has 0 aliphatic carbocycles. The second-order valence-electron chi connectivity index (χ2n) is 4.62. The highest BCUT2D eigenvalue weighted by molar-refractivity contribution is 6.30. The number of hydrogen-bond acceptors (Lipinski definition) is 5. The van der Waals surface area contributed by atoms with E-state index in [2.05, 4.69) is 20.4 Å². The zero-order valence-electron chi connectivity index (χ0n) is 12.1. The third-order valence-electron chi connectivity index (χ3n) is 3.16. The highest BCUT2D eigenvalue weighted by Gasteiger charge is 2.10. The van der Waals surface area contributed by atoms with E-state index in [-0.39, 0.29) is 5.56 Å². The van der Waals surface area contributed by atoms with E-state index in [4.69, 9.17) is 16.3 Å². The molecule has 2 aromatic heterocycles. The Balaban J connectivity index is 2.03. The van der Waals surface area contributed by atoms with Crippen LogP contribution in [0.4, 0.5) is 11.6 Å². The van der Waals surface area contributed by atoms with Crippen molar-refractivity contribution in [1.82, 2.24) is 19.6 Å². The average Bonchev–Trinajstić information content (AvgIpc) is 2.90. The van der Waals surface area contributed by atoms with Gasteiger partial charge in [0.25, 0.3) is 11.3 Å². The number of methoxy groups -OCH3 is 1. The summed E-state index contributed by atoms with van der Waals surface area (Å²) in [5.74, 6) is 1.30. The first-order valence-electron chi connectivity index (χ1n) is 6.70. The Morgan fingerprint density at radius 1 is 1.36 bits per heavy atom. The van der Waals surface area contributed by atoms with Gasteiger partial charge in [0.1, 0.15) is 5.75 Å². The standard InChI is InChI=1S/C14H14ClN5O2/c1-3-9-7-12(21)20-14(16-9)18-13(19-20)17-10-6-8(15)4-5-11(10)22-2/h4-7H,3H2,1-2H3,(H2,16,17,18,19). The van der Waals surface area contributed by atoms with Crippen LogP contribution < -0.4 is 15.6 Å². The number of hydrogen-bond donors (Lipinski definition) is 2. The minimum Gasteiger partial charge on any atom is -0.495 e. The Bertz CT molecular complexity index is 887. The summed E-state index contributed by atoms with van der Waals surface area (Å²) in [6, 6.07) is 6.66. The summed E-state index contributed by atoms with van der Waals surface area (Å²) in [6.45, 7) is 1.93. The lowest BCUT2D eigenvalue weighted by Gasteiger charge is -2.08. The minimum atomic E-state index is -0.208. The lowest BCUT2D eigenvalue weighted by Crippen LogP contribution is -2.15. The number of rotatable bonds is 4. The lowest BCUT2D eigenvalue weighted by atomic mass is 10.3. The Labute approximate surface area is 130 Å². The van der Waals surface area contributed by atoms with Crippen LogP contribution in [0, 0.1) is 0 Å². The van der Waals surface area contributed by atoms with Crippen molar-refractivity contribution in [3.63, 3.8) is 0 Å². The van der Waals surface area contributed by atoms with Crippen molar-refractivity contribution in [1.29, 1.82) is 0 Å². The summed E-state index contributed by atoms with van der Waals surface area (Å²) in [7, 11) is 1.56. The molecule has 0 fully saturated rings. The molecule has 7 nitrogen and oxygen atoms in total. The monoisotopic (exact) mass is 319 g/mol. The van der Waals surface area contributed by atoms with E-state index >= 15 is 0 Å². The van der Waals surface area contributed by atoms with E-state index in [0.717, 1.165) is 0 Å². The summed E-state index contributed by atoms with van der Waals surface area (Å²) in [6.07, 6.45) is 0.670. The molecule has 3 aromatic rings. The highest BCUT2D eigenvalue weighted by atomic mass is 35.5. The molecule has 0 amide bonds. The molecular formula is C14H14ClN5O2. The van der Waals surface area contributed by atoms with Crippen LogP contribution in [0.2, 0.25) is 5.02 Å². The molecule has 0 aliphatic heterocycles. The fourth-order valence-electron chi connectivity index (χ4n) is 2.07. The Morgan fingerprint density at radius 3 is 2.91 bits per heavy atom. The SMILES string of the molecule is CCc1cc(=O)n2[nH]c(Nc3cc(Cl)ccc3OC)nc2n1. The highest BCUT2D eigenvalue weighted by Crippen LogP contribution is 2.29. The number of anilines is 2. The van der Waals surface area contributed by atoms with Crippen molar-refractivity contribution >= 4 is 29.0 Å². The molecule has 1 aromatic carbocycles. The normalized spacial score (nSPS) is 10.9. The van der Waals surface area contributed by atoms with Crippen molar-refractivity contribution in [3.05, 3.63) is 45.3 Å². The van der Waals surface area contributed by atoms with Crippen molar-refractivity contribution in [2.24, 2.45) is 0 Å². The predicted octanol–water partition coefficient (Wildman–Crippen LogP) is 2.39. The summed E-state index contributed by atoms with van der Waals surface area (Å²) in [4.78, 5) is 20.5. The molecule has 114 valence electrons. The number of fused-ring (bicyclic) bond motifs is 1. The molecule has 0 bridgehead atoms. The maximum Gasteiger partial charge on any atom is 0.274 e. The van der Waals surface area contributed by atoms with Crippen LogP contribution in [0.15, 0.2) is 29.1 Å². The Hall–Kier alpha value is -2.54. The van der Waals surface area contributed by atoms with Gasteiger partial charge in [0.05, 0.1) is 12.8 Å². The molecular weight excluding hydrogens is 306 g/mol. The maximum absolute atomic E-state index is 12.0. The Morgan fingerprint density at radius 2 is 2.18 bits per heavy atom. The second-order valence-corrected chi connectivity index (χ2v) is 5.05. The third-order valence-corrected chi connectivity index (χ3v) is 3.40. The minimum absolute atomic E-state index is 0.208. The van der Waals surface area contributed by atoms with E-state index in [1.807, 2.05) is 6.92 Å². The fourth-order valence-corrected chi connectivity index (χ4v) is 2.24. The first-order valence-corrected chi connectivity index (χ1v) is 7.07. The van der Waals surface area contributed by atoms with Gasteiger partial charge in [-0.3, -0.25) is 9.89 Å². The molecule has 0 radical (unpaired) electrons. The lowest BCUT2D eigenvalue weighted by molar-refractivity contribution is 0.417. The predicted molar refractivity (Wildman–Crippen MR) is 84.3 cm³/mol. The Kier molecular flexibility index (Phi) is 3.72. The number of aromatic nitrogens is 4. The van der Waals surface area contributed by atoms with E-state index in [1.54, 1.807) is 25.3 Å². The van der Waals surface area contributed by atoms with Gasteiger partial charge in [0.2, 0.25) is 5.95 Å². The van der Waals surface area contributed by atoms with Gasteiger partial charge in [-0.2, -0.15) is 9.50 Å². The number of aromatic amines is 1. The quantitative estimate of drug-likeness (QED) is 0.771. The van der Waals surface area contributed by atoms with Gasteiger partial charge < -0.3 is 10.1 Å². The number of nitrogens with zero attached hydrogens (tertiary/aromatic N) is 3. The zero-order chi connectivity index (χ0) is 15.7. The number of halogens is 1. The van der Waals surface area contributed by atoms with Crippen LogP contribution in [-0.2, 0) is 6.42 Å². The van der Waals surface area contributed by atoms with Gasteiger partial charge in [-0.15, -0.1) is 0 Å². The van der Waals surface area contributed by atoms with Crippen LogP contribution in [-0.4, -0.2) is 26.7 Å². The molecule has 0 aliphatic rings. The van der Waals surface area contributed by atoms with Gasteiger partial charge in [-0.05, 0) is 24.6 Å². The van der Waals surface area contributed by atoms with E-state index in [1.165, 1.54) is 10.6 Å². The van der Waals surface area contributed by atoms with Crippen molar-refractivity contribution in [2.75, 3.05) is 12.4 Å². The molecule has 0 spiro atoms. The van der Waals surface area contributed by atoms with Crippen LogP contribution in [0.5, 0.6) is 5.75 Å². The summed E-state index contributed by atoms with van der Waals surface area (Å²) >= 11 is 5.99. The van der Waals surface area contributed by atoms with Gasteiger partial charge in [-0.25, -0.2) is 4.98 Å². The topological polar surface area (TPSA) is 84.3 Å². The molecule has 0 unspecified atom stereocenters. The van der Waals surface area contributed by atoms with Crippen LogP contribution >= 0.6 is 11.6 Å². The smallest absolute Gasteiger partial charge is 0.274 e. The van der Waals surface area contributed by atoms with E-state index < -0.39 is 0 Å². The number of benzene rings is 1. The molecule has 22 heavy (non-hydrogen) atoms. The number of ether oxygens (including phenoxy) is 1. The molecule has 8 heteroatoms. The van der Waals surface area contributed by atoms with Gasteiger partial charge in [0.15, 0.2) is 0 Å². The van der Waals surface area contributed by atoms with Gasteiger partial charge in [0, 0.05) is 16.8 Å². The molecule has 0 saturated carbocycles. The second kappa shape index (κ2) is 5.69. The number of H-pyrrole nitrogens is 1. The third kappa shape index (κ3) is 2.62. The number of nitrogens with one attached hydrogen (secondary N) is 2. The van der Waals surface area contributed by atoms with E-state index in [9.17, 15) is 4.79 Å². The first kappa shape index (κ1) is 14.4. The first-order chi connectivity index (χ1) is 10.6. The van der Waals surface area contributed by atoms with Crippen molar-refractivity contribution in [2.45, 2.75) is 13.3 Å². The van der Waals surface area contributed by atoms with E-state index in [0.29, 0.717) is 40.3 Å². The van der Waals surface area contributed by atoms with Crippen LogP contribution in [0.3, 0.4) is 0 Å². The average molecular weight is 320 g/mol. The molecule has 0 atom stereocenters. The molecule has 0 saturated heterocycles. The summed E-state index contributed by atoms with van der Waals surface area (Å²) < 4.78 is 6.54. The van der Waals surface area contributed by atoms with Crippen LogP contribution in [0.25, 0.3) is 5.78 Å².